The second kappa shape index (κ2) is 9.45. The first-order valence-corrected chi connectivity index (χ1v) is 14.0. The van der Waals surface area contributed by atoms with Crippen LogP contribution in [-0.4, -0.2) is 36.2 Å². The highest BCUT2D eigenvalue weighted by Gasteiger charge is 2.55. The number of aryl methyl sites for hydroxylation is 2. The van der Waals surface area contributed by atoms with E-state index in [0.717, 1.165) is 54.2 Å². The molecule has 2 heterocycles. The summed E-state index contributed by atoms with van der Waals surface area (Å²) in [5.74, 6) is 4.64. The summed E-state index contributed by atoms with van der Waals surface area (Å²) in [7, 11) is -3.19. The molecule has 178 valence electrons. The number of ether oxygens (including phenoxy) is 1. The summed E-state index contributed by atoms with van der Waals surface area (Å²) in [5, 5.41) is 0. The van der Waals surface area contributed by atoms with Gasteiger partial charge in [0.2, 0.25) is 5.88 Å². The summed E-state index contributed by atoms with van der Waals surface area (Å²) in [5.41, 5.74) is 3.06. The summed E-state index contributed by atoms with van der Waals surface area (Å²) in [6, 6.07) is 10.7. The van der Waals surface area contributed by atoms with E-state index in [-0.39, 0.29) is 0 Å². The SMILES string of the molecule is CCc1cnc(CCC2CC3C(COc4ccc(-c5ccc(S(C)(=O)=O)cc5)cn4)C3C2)nc1. The average molecular weight is 478 g/mol. The van der Waals surface area contributed by atoms with Crippen LogP contribution in [0.5, 0.6) is 5.88 Å². The van der Waals surface area contributed by atoms with E-state index in [1.165, 1.54) is 31.1 Å². The van der Waals surface area contributed by atoms with E-state index in [1.54, 1.807) is 18.3 Å². The van der Waals surface area contributed by atoms with Gasteiger partial charge in [-0.1, -0.05) is 19.1 Å². The minimum Gasteiger partial charge on any atom is -0.477 e. The van der Waals surface area contributed by atoms with Crippen molar-refractivity contribution in [1.29, 1.82) is 0 Å². The lowest BCUT2D eigenvalue weighted by atomic mass is 9.95. The van der Waals surface area contributed by atoms with Crippen LogP contribution in [0.1, 0.15) is 37.6 Å². The fourth-order valence-corrected chi connectivity index (χ4v) is 5.94. The molecule has 0 radical (unpaired) electrons. The molecule has 2 aromatic heterocycles. The van der Waals surface area contributed by atoms with Crippen LogP contribution in [0.4, 0.5) is 0 Å². The van der Waals surface area contributed by atoms with Crippen LogP contribution < -0.4 is 4.74 Å². The minimum absolute atomic E-state index is 0.320. The predicted molar refractivity (Wildman–Crippen MR) is 131 cm³/mol. The Morgan fingerprint density at radius 2 is 1.59 bits per heavy atom. The van der Waals surface area contributed by atoms with Gasteiger partial charge in [0.15, 0.2) is 9.84 Å². The standard InChI is InChI=1S/C27H31N3O3S/c1-3-18-14-28-26(29-15-18)10-4-19-12-23-24(13-19)25(23)17-33-27-11-7-21(16-30-27)20-5-8-22(9-6-20)34(2,31)32/h5-9,11,14-16,19,23-25H,3-4,10,12-13,17H2,1-2H3. The van der Waals surface area contributed by atoms with Gasteiger partial charge in [0.05, 0.1) is 11.5 Å². The number of hydrogen-bond donors (Lipinski definition) is 0. The van der Waals surface area contributed by atoms with Gasteiger partial charge in [-0.05, 0) is 78.7 Å². The highest BCUT2D eigenvalue weighted by Crippen LogP contribution is 2.60. The van der Waals surface area contributed by atoms with E-state index in [2.05, 4.69) is 21.9 Å². The van der Waals surface area contributed by atoms with Crippen LogP contribution in [0.2, 0.25) is 0 Å². The zero-order chi connectivity index (χ0) is 23.7. The molecular formula is C27H31N3O3S. The molecule has 3 aromatic rings. The number of pyridine rings is 1. The first-order chi connectivity index (χ1) is 16.4. The lowest BCUT2D eigenvalue weighted by Gasteiger charge is -2.14. The number of sulfone groups is 1. The van der Waals surface area contributed by atoms with Crippen LogP contribution in [-0.2, 0) is 22.7 Å². The highest BCUT2D eigenvalue weighted by atomic mass is 32.2. The molecule has 2 unspecified atom stereocenters. The summed E-state index contributed by atoms with van der Waals surface area (Å²) < 4.78 is 29.2. The quantitative estimate of drug-likeness (QED) is 0.441. The molecule has 2 aliphatic rings. The lowest BCUT2D eigenvalue weighted by Crippen LogP contribution is -2.09. The summed E-state index contributed by atoms with van der Waals surface area (Å²) in [6.07, 6.45) is 12.6. The molecule has 34 heavy (non-hydrogen) atoms. The van der Waals surface area contributed by atoms with Crippen LogP contribution >= 0.6 is 0 Å². The van der Waals surface area contributed by atoms with Gasteiger partial charge in [-0.3, -0.25) is 0 Å². The molecule has 0 N–H and O–H groups in total. The Labute approximate surface area is 201 Å². The minimum atomic E-state index is -3.19. The van der Waals surface area contributed by atoms with Crippen molar-refractivity contribution in [3.8, 4) is 17.0 Å². The van der Waals surface area contributed by atoms with Crippen molar-refractivity contribution in [1.82, 2.24) is 15.0 Å². The first kappa shape index (κ1) is 23.0. The topological polar surface area (TPSA) is 82.0 Å². The van der Waals surface area contributed by atoms with E-state index in [1.807, 2.05) is 36.7 Å². The predicted octanol–water partition coefficient (Wildman–Crippen LogP) is 4.79. The molecule has 0 amide bonds. The molecule has 1 aromatic carbocycles. The maximum atomic E-state index is 11.6. The first-order valence-electron chi connectivity index (χ1n) is 12.1. The Morgan fingerprint density at radius 1 is 0.912 bits per heavy atom. The Hall–Kier alpha value is -2.80. The molecule has 7 heteroatoms. The van der Waals surface area contributed by atoms with Crippen molar-refractivity contribution in [2.75, 3.05) is 12.9 Å². The molecule has 0 spiro atoms. The Kier molecular flexibility index (Phi) is 6.38. The number of fused-ring (bicyclic) bond motifs is 1. The Balaban J connectivity index is 1.06. The largest absolute Gasteiger partial charge is 0.477 e. The fourth-order valence-electron chi connectivity index (χ4n) is 5.31. The third-order valence-corrected chi connectivity index (χ3v) is 8.57. The summed E-state index contributed by atoms with van der Waals surface area (Å²) >= 11 is 0. The average Bonchev–Trinajstić information content (AvgIpc) is 3.31. The van der Waals surface area contributed by atoms with Crippen LogP contribution in [0.25, 0.3) is 11.1 Å². The fraction of sp³-hybridized carbons (Fsp3) is 0.444. The van der Waals surface area contributed by atoms with Crippen molar-refractivity contribution in [2.24, 2.45) is 23.7 Å². The smallest absolute Gasteiger partial charge is 0.213 e. The van der Waals surface area contributed by atoms with Gasteiger partial charge in [0.1, 0.15) is 5.82 Å². The van der Waals surface area contributed by atoms with E-state index in [9.17, 15) is 8.42 Å². The molecule has 0 bridgehead atoms. The molecule has 2 atom stereocenters. The van der Waals surface area contributed by atoms with Gasteiger partial charge >= 0.3 is 0 Å². The second-order valence-corrected chi connectivity index (χ2v) is 11.7. The molecule has 5 rings (SSSR count). The lowest BCUT2D eigenvalue weighted by molar-refractivity contribution is 0.257. The van der Waals surface area contributed by atoms with Crippen LogP contribution in [0.3, 0.4) is 0 Å². The van der Waals surface area contributed by atoms with E-state index in [0.29, 0.717) is 16.7 Å². The number of rotatable bonds is 9. The molecule has 2 saturated carbocycles. The zero-order valence-electron chi connectivity index (χ0n) is 19.7. The number of hydrogen-bond acceptors (Lipinski definition) is 6. The van der Waals surface area contributed by atoms with Gasteiger partial charge in [-0.2, -0.15) is 0 Å². The molecule has 0 aliphatic heterocycles. The summed E-state index contributed by atoms with van der Waals surface area (Å²) in [4.78, 5) is 13.8. The molecule has 0 saturated heterocycles. The number of benzene rings is 1. The van der Waals surface area contributed by atoms with Crippen molar-refractivity contribution < 1.29 is 13.2 Å². The van der Waals surface area contributed by atoms with Crippen LogP contribution in [0, 0.1) is 23.7 Å². The van der Waals surface area contributed by atoms with Crippen molar-refractivity contribution >= 4 is 9.84 Å². The molecule has 2 fully saturated rings. The maximum Gasteiger partial charge on any atom is 0.213 e. The van der Waals surface area contributed by atoms with Crippen molar-refractivity contribution in [3.63, 3.8) is 0 Å². The third-order valence-electron chi connectivity index (χ3n) is 7.44. The second-order valence-electron chi connectivity index (χ2n) is 9.72. The zero-order valence-corrected chi connectivity index (χ0v) is 20.5. The monoisotopic (exact) mass is 477 g/mol. The molecule has 2 aliphatic carbocycles. The van der Waals surface area contributed by atoms with Crippen LogP contribution in [0.15, 0.2) is 59.9 Å². The van der Waals surface area contributed by atoms with E-state index < -0.39 is 9.84 Å². The normalized spacial score (nSPS) is 23.5. The van der Waals surface area contributed by atoms with Gasteiger partial charge < -0.3 is 4.74 Å². The third kappa shape index (κ3) is 5.14. The number of aromatic nitrogens is 3. The van der Waals surface area contributed by atoms with Gasteiger partial charge in [-0.25, -0.2) is 23.4 Å². The van der Waals surface area contributed by atoms with Gasteiger partial charge in [0.25, 0.3) is 0 Å². The molecule has 6 nitrogen and oxygen atoms in total. The van der Waals surface area contributed by atoms with Crippen molar-refractivity contribution in [3.05, 3.63) is 66.4 Å². The van der Waals surface area contributed by atoms with Crippen molar-refractivity contribution in [2.45, 2.75) is 43.9 Å². The number of nitrogens with zero attached hydrogens (tertiary/aromatic N) is 3. The molecular weight excluding hydrogens is 446 g/mol. The van der Waals surface area contributed by atoms with E-state index in [4.69, 9.17) is 4.74 Å². The maximum absolute atomic E-state index is 11.6. The van der Waals surface area contributed by atoms with E-state index >= 15 is 0 Å². The Bertz CT molecular complexity index is 1210. The summed E-state index contributed by atoms with van der Waals surface area (Å²) in [6.45, 7) is 2.86. The Morgan fingerprint density at radius 3 is 2.18 bits per heavy atom. The van der Waals surface area contributed by atoms with Gasteiger partial charge in [-0.15, -0.1) is 0 Å². The van der Waals surface area contributed by atoms with Gasteiger partial charge in [0, 0.05) is 42.9 Å². The highest BCUT2D eigenvalue weighted by molar-refractivity contribution is 7.90.